The van der Waals surface area contributed by atoms with E-state index < -0.39 is 0 Å². The Hall–Kier alpha value is -3.49. The molecule has 0 aliphatic carbocycles. The van der Waals surface area contributed by atoms with Crippen LogP contribution < -0.4 is 9.64 Å². The molecule has 7 rings (SSSR count). The van der Waals surface area contributed by atoms with Crippen LogP contribution in [0.4, 0.5) is 11.5 Å². The Morgan fingerprint density at radius 1 is 1.11 bits per heavy atom. The number of aromatic nitrogens is 2. The van der Waals surface area contributed by atoms with Crippen LogP contribution in [0.15, 0.2) is 49.1 Å². The number of benzene rings is 2. The van der Waals surface area contributed by atoms with Crippen molar-refractivity contribution in [2.75, 3.05) is 51.3 Å². The second-order valence-corrected chi connectivity index (χ2v) is 13.3. The number of rotatable bonds is 7. The van der Waals surface area contributed by atoms with E-state index in [9.17, 15) is 4.79 Å². The van der Waals surface area contributed by atoms with E-state index in [1.165, 1.54) is 31.8 Å². The Kier molecular flexibility index (Phi) is 8.06. The van der Waals surface area contributed by atoms with Crippen molar-refractivity contribution in [3.8, 4) is 6.01 Å². The van der Waals surface area contributed by atoms with E-state index in [-0.39, 0.29) is 17.4 Å². The fourth-order valence-electron chi connectivity index (χ4n) is 8.00. The molecule has 1 aromatic heterocycles. The van der Waals surface area contributed by atoms with Crippen molar-refractivity contribution in [3.05, 3.63) is 65.3 Å². The predicted molar refractivity (Wildman–Crippen MR) is 175 cm³/mol. The third-order valence-electron chi connectivity index (χ3n) is 10.2. The van der Waals surface area contributed by atoms with Gasteiger partial charge in [0.25, 0.3) is 0 Å². The van der Waals surface area contributed by atoms with Gasteiger partial charge in [0.05, 0.1) is 41.6 Å². The van der Waals surface area contributed by atoms with E-state index in [0.717, 1.165) is 84.0 Å². The number of ether oxygens (including phenoxy) is 1. The molecule has 5 heterocycles. The fourth-order valence-corrected chi connectivity index (χ4v) is 8.28. The monoisotopic (exact) mass is 613 g/mol. The third-order valence-corrected chi connectivity index (χ3v) is 10.5. The molecule has 0 bridgehead atoms. The van der Waals surface area contributed by atoms with Gasteiger partial charge in [-0.3, -0.25) is 9.69 Å². The number of hydrogen-bond acceptors (Lipinski definition) is 6. The zero-order valence-electron chi connectivity index (χ0n) is 25.7. The molecule has 9 heteroatoms. The number of piperidine rings is 1. The number of likely N-dealkylation sites (tertiary alicyclic amines) is 1. The third kappa shape index (κ3) is 5.47. The number of nitrogens with zero attached hydrogens (tertiary/aromatic N) is 6. The van der Waals surface area contributed by atoms with Crippen molar-refractivity contribution in [3.63, 3.8) is 0 Å². The van der Waals surface area contributed by atoms with Gasteiger partial charge in [-0.05, 0) is 75.2 Å². The van der Waals surface area contributed by atoms with Gasteiger partial charge < -0.3 is 14.5 Å². The van der Waals surface area contributed by atoms with E-state index >= 15 is 0 Å². The van der Waals surface area contributed by atoms with Crippen molar-refractivity contribution in [1.82, 2.24) is 19.8 Å². The number of carbonyl (C=O) groups is 1. The number of anilines is 1. The largest absolute Gasteiger partial charge is 0.443 e. The van der Waals surface area contributed by atoms with Crippen LogP contribution in [0.1, 0.15) is 49.8 Å². The van der Waals surface area contributed by atoms with Gasteiger partial charge in [-0.25, -0.2) is 4.58 Å². The van der Waals surface area contributed by atoms with Crippen LogP contribution in [-0.4, -0.2) is 88.4 Å². The Balaban J connectivity index is 1.22. The van der Waals surface area contributed by atoms with Gasteiger partial charge in [0, 0.05) is 48.0 Å². The smallest absolute Gasteiger partial charge is 0.434 e. The lowest BCUT2D eigenvalue weighted by Crippen LogP contribution is -2.43. The maximum absolute atomic E-state index is 12.3. The summed E-state index contributed by atoms with van der Waals surface area (Å²) in [5.41, 5.74) is 3.41. The SMILES string of the molecule is C=CC(=O)N1CCCC(C=[N+](C)c2nc(OCC34CCCN3CCC4)nc3c2CCN(c2cccc4cccc(Cl)c24)C3)C1. The minimum atomic E-state index is 0.00160. The Labute approximate surface area is 265 Å². The van der Waals surface area contributed by atoms with Gasteiger partial charge in [0.1, 0.15) is 6.61 Å². The summed E-state index contributed by atoms with van der Waals surface area (Å²) < 4.78 is 8.68. The number of hydrogen-bond donors (Lipinski definition) is 0. The highest BCUT2D eigenvalue weighted by molar-refractivity contribution is 6.36. The summed E-state index contributed by atoms with van der Waals surface area (Å²) in [6.07, 6.45) is 11.3. The average Bonchev–Trinajstić information content (AvgIpc) is 3.63. The topological polar surface area (TPSA) is 64.8 Å². The first-order valence-corrected chi connectivity index (χ1v) is 16.5. The van der Waals surface area contributed by atoms with Crippen LogP contribution in [0, 0.1) is 5.92 Å². The van der Waals surface area contributed by atoms with E-state index in [2.05, 4.69) is 58.5 Å². The highest BCUT2D eigenvalue weighted by Gasteiger charge is 2.45. The number of halogens is 1. The molecule has 3 fully saturated rings. The first-order chi connectivity index (χ1) is 21.4. The molecular formula is C35H42ClN6O2+. The zero-order valence-corrected chi connectivity index (χ0v) is 26.4. The van der Waals surface area contributed by atoms with E-state index in [4.69, 9.17) is 26.3 Å². The Bertz CT molecular complexity index is 1610. The van der Waals surface area contributed by atoms with E-state index in [1.807, 2.05) is 17.0 Å². The van der Waals surface area contributed by atoms with Crippen molar-refractivity contribution in [2.45, 2.75) is 57.0 Å². The summed E-state index contributed by atoms with van der Waals surface area (Å²) >= 11 is 6.74. The lowest BCUT2D eigenvalue weighted by Gasteiger charge is -2.32. The summed E-state index contributed by atoms with van der Waals surface area (Å²) in [5, 5.41) is 2.98. The zero-order chi connectivity index (χ0) is 30.3. The van der Waals surface area contributed by atoms with E-state index in [1.54, 1.807) is 0 Å². The predicted octanol–water partition coefficient (Wildman–Crippen LogP) is 5.62. The summed E-state index contributed by atoms with van der Waals surface area (Å²) in [7, 11) is 2.08. The van der Waals surface area contributed by atoms with Gasteiger partial charge >= 0.3 is 11.8 Å². The maximum atomic E-state index is 12.3. The molecule has 8 nitrogen and oxygen atoms in total. The molecule has 230 valence electrons. The molecule has 0 N–H and O–H groups in total. The maximum Gasteiger partial charge on any atom is 0.434 e. The second kappa shape index (κ2) is 12.1. The molecule has 3 saturated heterocycles. The van der Waals surface area contributed by atoms with Crippen LogP contribution >= 0.6 is 11.6 Å². The van der Waals surface area contributed by atoms with Crippen molar-refractivity contribution in [2.24, 2.45) is 5.92 Å². The van der Waals surface area contributed by atoms with Crippen molar-refractivity contribution < 1.29 is 14.1 Å². The summed E-state index contributed by atoms with van der Waals surface area (Å²) in [5.74, 6) is 1.15. The molecule has 0 radical (unpaired) electrons. The molecule has 3 aromatic rings. The Morgan fingerprint density at radius 2 is 1.91 bits per heavy atom. The quantitative estimate of drug-likeness (QED) is 0.196. The molecule has 2 aromatic carbocycles. The Morgan fingerprint density at radius 3 is 2.70 bits per heavy atom. The lowest BCUT2D eigenvalue weighted by atomic mass is 9.95. The van der Waals surface area contributed by atoms with Crippen molar-refractivity contribution >= 4 is 46.0 Å². The molecule has 1 unspecified atom stereocenters. The van der Waals surface area contributed by atoms with Gasteiger partial charge in [0.15, 0.2) is 0 Å². The number of carbonyl (C=O) groups excluding carboxylic acids is 1. The minimum Gasteiger partial charge on any atom is -0.443 e. The van der Waals surface area contributed by atoms with E-state index in [0.29, 0.717) is 25.7 Å². The molecule has 4 aliphatic heterocycles. The van der Waals surface area contributed by atoms with Crippen LogP contribution in [-0.2, 0) is 17.8 Å². The molecule has 1 amide bonds. The summed E-state index contributed by atoms with van der Waals surface area (Å²) in [6.45, 7) is 9.60. The van der Waals surface area contributed by atoms with Crippen LogP contribution in [0.3, 0.4) is 0 Å². The average molecular weight is 614 g/mol. The lowest BCUT2D eigenvalue weighted by molar-refractivity contribution is -0.408. The van der Waals surface area contributed by atoms with Crippen molar-refractivity contribution in [1.29, 1.82) is 0 Å². The van der Waals surface area contributed by atoms with Crippen LogP contribution in [0.5, 0.6) is 6.01 Å². The van der Waals surface area contributed by atoms with Gasteiger partial charge in [0.2, 0.25) is 5.91 Å². The first kappa shape index (κ1) is 29.2. The fraction of sp³-hybridized carbons (Fsp3) is 0.486. The second-order valence-electron chi connectivity index (χ2n) is 12.9. The van der Waals surface area contributed by atoms with Crippen LogP contribution in [0.2, 0.25) is 5.02 Å². The highest BCUT2D eigenvalue weighted by atomic mass is 35.5. The summed E-state index contributed by atoms with van der Waals surface area (Å²) in [6, 6.07) is 12.9. The minimum absolute atomic E-state index is 0.00160. The standard InChI is InChI=1S/C35H42ClN6O2/c1-3-31(43)41-17-6-9-25(22-41)21-39(2)33-27-14-20-40(30-13-5-11-26-10-4-12-28(36)32(26)30)23-29(27)37-34(38-33)44-24-35-15-7-18-42(35)19-8-16-35/h3-5,10-13,21,25H,1,6-9,14-20,22-24H2,2H3/q+1. The van der Waals surface area contributed by atoms with Gasteiger partial charge in [-0.15, -0.1) is 0 Å². The van der Waals surface area contributed by atoms with Gasteiger partial charge in [-0.1, -0.05) is 42.4 Å². The normalized spacial score (nSPS) is 21.8. The summed E-state index contributed by atoms with van der Waals surface area (Å²) in [4.78, 5) is 29.4. The molecule has 1 atom stereocenters. The molecular weight excluding hydrogens is 572 g/mol. The number of fused-ring (bicyclic) bond motifs is 3. The molecule has 4 aliphatic rings. The molecule has 44 heavy (non-hydrogen) atoms. The molecule has 0 spiro atoms. The van der Waals surface area contributed by atoms with Gasteiger partial charge in [-0.2, -0.15) is 4.98 Å². The highest BCUT2D eigenvalue weighted by Crippen LogP contribution is 2.40. The first-order valence-electron chi connectivity index (χ1n) is 16.1. The molecule has 0 saturated carbocycles. The van der Waals surface area contributed by atoms with Crippen LogP contribution in [0.25, 0.3) is 10.8 Å². The number of amides is 1.